The number of benzene rings is 2. The maximum Gasteiger partial charge on any atom is 0.119 e. The highest BCUT2D eigenvalue weighted by Crippen LogP contribution is 2.51. The van der Waals surface area contributed by atoms with Gasteiger partial charge in [0, 0.05) is 24.9 Å². The first-order valence-electron chi connectivity index (χ1n) is 11.5. The predicted octanol–water partition coefficient (Wildman–Crippen LogP) is 1.21. The summed E-state index contributed by atoms with van der Waals surface area (Å²) in [6.07, 6.45) is 0.558. The fourth-order valence-electron chi connectivity index (χ4n) is 4.79. The summed E-state index contributed by atoms with van der Waals surface area (Å²) in [5.41, 5.74) is 20.9. The van der Waals surface area contributed by atoms with Crippen molar-refractivity contribution in [3.05, 3.63) is 59.2 Å². The zero-order valence-corrected chi connectivity index (χ0v) is 18.7. The summed E-state index contributed by atoms with van der Waals surface area (Å²) in [7, 11) is 0. The lowest BCUT2D eigenvalue weighted by atomic mass is 9.84. The highest BCUT2D eigenvalue weighted by atomic mass is 16.5. The summed E-state index contributed by atoms with van der Waals surface area (Å²) in [5, 5.41) is 20.3. The molecule has 2 saturated heterocycles. The summed E-state index contributed by atoms with van der Waals surface area (Å²) in [4.78, 5) is 0. The topological polar surface area (TPSA) is 146 Å². The van der Waals surface area contributed by atoms with E-state index < -0.39 is 24.0 Å². The van der Waals surface area contributed by atoms with E-state index in [1.807, 2.05) is 42.5 Å². The molecule has 2 aromatic carbocycles. The highest BCUT2D eigenvalue weighted by Gasteiger charge is 2.59. The lowest BCUT2D eigenvalue weighted by Crippen LogP contribution is -2.62. The van der Waals surface area contributed by atoms with Crippen molar-refractivity contribution in [2.45, 2.75) is 55.8 Å². The molecule has 0 bridgehead atoms. The molecule has 8 N–H and O–H groups in total. The average Bonchev–Trinajstić information content (AvgIpc) is 3.35. The van der Waals surface area contributed by atoms with Crippen LogP contribution in [0.25, 0.3) is 0 Å². The monoisotopic (exact) mass is 455 g/mol. The molecule has 2 aliphatic heterocycles. The van der Waals surface area contributed by atoms with Gasteiger partial charge in [0.25, 0.3) is 0 Å². The summed E-state index contributed by atoms with van der Waals surface area (Å²) >= 11 is 0. The van der Waals surface area contributed by atoms with Crippen LogP contribution < -0.4 is 21.9 Å². The molecule has 178 valence electrons. The second-order valence-electron chi connectivity index (χ2n) is 9.93. The van der Waals surface area contributed by atoms with E-state index in [1.54, 1.807) is 0 Å². The number of anilines is 1. The molecule has 1 saturated carbocycles. The van der Waals surface area contributed by atoms with E-state index in [-0.39, 0.29) is 11.5 Å². The second-order valence-corrected chi connectivity index (χ2v) is 9.93. The molecule has 2 heterocycles. The molecule has 33 heavy (non-hydrogen) atoms. The Morgan fingerprint density at radius 3 is 2.39 bits per heavy atom. The van der Waals surface area contributed by atoms with Gasteiger partial charge in [-0.2, -0.15) is 0 Å². The van der Waals surface area contributed by atoms with Gasteiger partial charge in [0.1, 0.15) is 12.4 Å². The number of nitrogens with two attached hydrogens (primary N) is 3. The van der Waals surface area contributed by atoms with Gasteiger partial charge in [0.05, 0.1) is 48.7 Å². The van der Waals surface area contributed by atoms with E-state index in [0.717, 1.165) is 22.4 Å². The van der Waals surface area contributed by atoms with Gasteiger partial charge in [-0.05, 0) is 41.3 Å². The average molecular weight is 456 g/mol. The first-order chi connectivity index (χ1) is 15.8. The third kappa shape index (κ3) is 4.47. The van der Waals surface area contributed by atoms with Crippen LogP contribution in [0.3, 0.4) is 0 Å². The molecule has 1 aliphatic carbocycles. The Balaban J connectivity index is 1.25. The standard InChI is InChI=1S/C25H33N3O5/c26-20-6-3-16(21-9-18(29)10-25(33-21)11-22(25)30)8-17(20)7-15-1-4-19(5-2-15)32-14-24(23(27)28)12-31-13-24/h1-6,8,18,21-23,29-30H,7,9-14,26-28H2/t18-,21-,22?,25+/m1/s1. The van der Waals surface area contributed by atoms with Crippen LogP contribution in [0.5, 0.6) is 5.75 Å². The van der Waals surface area contributed by atoms with E-state index in [1.165, 1.54) is 0 Å². The molecule has 2 aromatic rings. The molecule has 0 radical (unpaired) electrons. The molecule has 0 amide bonds. The van der Waals surface area contributed by atoms with Crippen molar-refractivity contribution in [1.82, 2.24) is 0 Å². The third-order valence-electron chi connectivity index (χ3n) is 7.30. The van der Waals surface area contributed by atoms with Gasteiger partial charge < -0.3 is 41.6 Å². The molecular formula is C25H33N3O5. The van der Waals surface area contributed by atoms with Crippen molar-refractivity contribution < 1.29 is 24.4 Å². The summed E-state index contributed by atoms with van der Waals surface area (Å²) in [6, 6.07) is 13.8. The largest absolute Gasteiger partial charge is 0.493 e. The van der Waals surface area contributed by atoms with Crippen molar-refractivity contribution in [2.75, 3.05) is 25.6 Å². The number of aliphatic hydroxyl groups is 2. The van der Waals surface area contributed by atoms with Crippen LogP contribution in [-0.4, -0.2) is 54.0 Å². The summed E-state index contributed by atoms with van der Waals surface area (Å²) in [5.74, 6) is 0.755. The first kappa shape index (κ1) is 22.6. The van der Waals surface area contributed by atoms with Crippen LogP contribution >= 0.6 is 0 Å². The van der Waals surface area contributed by atoms with Gasteiger partial charge in [-0.15, -0.1) is 0 Å². The van der Waals surface area contributed by atoms with E-state index in [0.29, 0.717) is 51.2 Å². The van der Waals surface area contributed by atoms with Crippen LogP contribution in [0.2, 0.25) is 0 Å². The highest BCUT2D eigenvalue weighted by molar-refractivity contribution is 5.51. The van der Waals surface area contributed by atoms with Crippen molar-refractivity contribution >= 4 is 5.69 Å². The maximum absolute atomic E-state index is 10.3. The molecule has 3 fully saturated rings. The predicted molar refractivity (Wildman–Crippen MR) is 123 cm³/mol. The Bertz CT molecular complexity index is 994. The normalized spacial score (nSPS) is 30.3. The van der Waals surface area contributed by atoms with E-state index in [9.17, 15) is 10.2 Å². The fraction of sp³-hybridized carbons (Fsp3) is 0.520. The van der Waals surface area contributed by atoms with Crippen molar-refractivity contribution in [1.29, 1.82) is 0 Å². The zero-order chi connectivity index (χ0) is 23.2. The molecule has 4 atom stereocenters. The van der Waals surface area contributed by atoms with Crippen LogP contribution in [0, 0.1) is 5.41 Å². The van der Waals surface area contributed by atoms with Crippen LogP contribution in [-0.2, 0) is 15.9 Å². The number of nitrogen functional groups attached to an aromatic ring is 1. The van der Waals surface area contributed by atoms with Gasteiger partial charge in [-0.1, -0.05) is 24.3 Å². The number of hydrogen-bond acceptors (Lipinski definition) is 8. The van der Waals surface area contributed by atoms with E-state index in [4.69, 9.17) is 31.4 Å². The summed E-state index contributed by atoms with van der Waals surface area (Å²) < 4.78 is 17.4. The number of aliphatic hydroxyl groups excluding tert-OH is 2. The second kappa shape index (κ2) is 8.54. The SMILES string of the molecule is Nc1ccc([C@H]2C[C@@H](O)C[C@@]3(CC3O)O2)cc1Cc1ccc(OCC2(C(N)N)COC2)cc1. The minimum atomic E-state index is -0.586. The Morgan fingerprint density at radius 1 is 1.06 bits per heavy atom. The molecule has 5 rings (SSSR count). The molecule has 3 aliphatic rings. The van der Waals surface area contributed by atoms with Crippen molar-refractivity contribution in [3.63, 3.8) is 0 Å². The molecule has 1 unspecified atom stereocenters. The Kier molecular flexibility index (Phi) is 5.84. The number of ether oxygens (including phenoxy) is 3. The zero-order valence-electron chi connectivity index (χ0n) is 18.7. The lowest BCUT2D eigenvalue weighted by Gasteiger charge is -2.43. The summed E-state index contributed by atoms with van der Waals surface area (Å²) in [6.45, 7) is 1.45. The van der Waals surface area contributed by atoms with Gasteiger partial charge in [0.15, 0.2) is 0 Å². The quantitative estimate of drug-likeness (QED) is 0.309. The molecule has 8 heteroatoms. The molecule has 1 spiro atoms. The van der Waals surface area contributed by atoms with Gasteiger partial charge in [0.2, 0.25) is 0 Å². The van der Waals surface area contributed by atoms with Crippen LogP contribution in [0.1, 0.15) is 42.1 Å². The van der Waals surface area contributed by atoms with Crippen molar-refractivity contribution in [3.8, 4) is 5.75 Å². The third-order valence-corrected chi connectivity index (χ3v) is 7.30. The minimum Gasteiger partial charge on any atom is -0.493 e. The first-order valence-corrected chi connectivity index (χ1v) is 11.5. The number of rotatable bonds is 7. The lowest BCUT2D eigenvalue weighted by molar-refractivity contribution is -0.143. The minimum absolute atomic E-state index is 0.252. The Hall–Kier alpha value is -2.20. The van der Waals surface area contributed by atoms with Crippen LogP contribution in [0.4, 0.5) is 5.69 Å². The molecule has 0 aromatic heterocycles. The molecular weight excluding hydrogens is 422 g/mol. The Morgan fingerprint density at radius 2 is 1.79 bits per heavy atom. The van der Waals surface area contributed by atoms with Gasteiger partial charge in [-0.25, -0.2) is 0 Å². The van der Waals surface area contributed by atoms with Gasteiger partial charge >= 0.3 is 0 Å². The maximum atomic E-state index is 10.3. The van der Waals surface area contributed by atoms with Gasteiger partial charge in [-0.3, -0.25) is 0 Å². The van der Waals surface area contributed by atoms with E-state index in [2.05, 4.69) is 0 Å². The van der Waals surface area contributed by atoms with Crippen molar-refractivity contribution in [2.24, 2.45) is 16.9 Å². The van der Waals surface area contributed by atoms with E-state index >= 15 is 0 Å². The number of hydrogen-bond donors (Lipinski definition) is 5. The smallest absolute Gasteiger partial charge is 0.119 e. The Labute approximate surface area is 193 Å². The van der Waals surface area contributed by atoms with Crippen LogP contribution in [0.15, 0.2) is 42.5 Å². The fourth-order valence-corrected chi connectivity index (χ4v) is 4.79. The molecule has 8 nitrogen and oxygen atoms in total.